The van der Waals surface area contributed by atoms with Crippen molar-refractivity contribution in [2.24, 2.45) is 0 Å². The van der Waals surface area contributed by atoms with Crippen molar-refractivity contribution in [1.29, 1.82) is 0 Å². The summed E-state index contributed by atoms with van der Waals surface area (Å²) in [6.45, 7) is -1.47. The molecule has 0 saturated carbocycles. The van der Waals surface area contributed by atoms with Gasteiger partial charge in [-0.15, -0.1) is 0 Å². The van der Waals surface area contributed by atoms with E-state index in [2.05, 4.69) is 0 Å². The van der Waals surface area contributed by atoms with Gasteiger partial charge in [0.1, 0.15) is 49.7 Å². The maximum Gasteiger partial charge on any atom is 0.338 e. The highest BCUT2D eigenvalue weighted by molar-refractivity contribution is 6.22. The summed E-state index contributed by atoms with van der Waals surface area (Å²) >= 11 is 0. The van der Waals surface area contributed by atoms with Gasteiger partial charge in [0.15, 0.2) is 24.8 Å². The first kappa shape index (κ1) is 50.8. The van der Waals surface area contributed by atoms with Gasteiger partial charge in [0.25, 0.3) is 23.6 Å². The Morgan fingerprint density at radius 2 is 0.763 bits per heavy atom. The highest BCUT2D eigenvalue weighted by Crippen LogP contribution is 2.40. The number of methoxy groups -OCH3 is 1. The number of hydrogen-bond donors (Lipinski definition) is 1. The van der Waals surface area contributed by atoms with E-state index in [9.17, 15) is 43.5 Å². The number of aliphatic hydroxyl groups excluding tert-OH is 1. The van der Waals surface area contributed by atoms with Crippen LogP contribution in [0, 0.1) is 0 Å². The normalized spacial score (nSPS) is 24.8. The summed E-state index contributed by atoms with van der Waals surface area (Å²) in [5, 5.41) is 12.4. The zero-order chi connectivity index (χ0) is 53.0. The Balaban J connectivity index is 1.12. The van der Waals surface area contributed by atoms with Crippen molar-refractivity contribution in [3.8, 4) is 0 Å². The van der Waals surface area contributed by atoms with Crippen LogP contribution in [-0.4, -0.2) is 144 Å². The van der Waals surface area contributed by atoms with Gasteiger partial charge in [0.2, 0.25) is 0 Å². The van der Waals surface area contributed by atoms with Gasteiger partial charge < -0.3 is 43.0 Å². The number of nitrogens with zero attached hydrogens (tertiary/aromatic N) is 2. The molecule has 10 rings (SSSR count). The molecule has 10 atom stereocenters. The molecule has 0 spiro atoms. The average molecular weight is 1030 g/mol. The molecule has 4 aliphatic heterocycles. The number of esters is 4. The number of benzene rings is 6. The minimum Gasteiger partial charge on any atom is -0.459 e. The molecule has 19 heteroatoms. The van der Waals surface area contributed by atoms with Crippen molar-refractivity contribution >= 4 is 47.5 Å². The average Bonchev–Trinajstić information content (AvgIpc) is 3.90. The molecule has 2 saturated heterocycles. The number of fused-ring (bicyclic) bond motifs is 2. The zero-order valence-electron chi connectivity index (χ0n) is 40.2. The molecule has 386 valence electrons. The summed E-state index contributed by atoms with van der Waals surface area (Å²) in [6.07, 6.45) is -14.8. The molecule has 1 N–H and O–H groups in total. The topological polar surface area (TPSA) is 237 Å². The lowest BCUT2D eigenvalue weighted by Crippen LogP contribution is -2.71. The Kier molecular flexibility index (Phi) is 14.7. The first-order chi connectivity index (χ1) is 36.9. The number of carbonyl (C=O) groups excluding carboxylic acids is 8. The lowest BCUT2D eigenvalue weighted by Gasteiger charge is -2.51. The largest absolute Gasteiger partial charge is 0.459 e. The highest BCUT2D eigenvalue weighted by Gasteiger charge is 2.61. The third kappa shape index (κ3) is 9.87. The van der Waals surface area contributed by atoms with Crippen LogP contribution < -0.4 is 0 Å². The van der Waals surface area contributed by atoms with Gasteiger partial charge in [-0.05, 0) is 72.8 Å². The molecule has 6 aromatic carbocycles. The van der Waals surface area contributed by atoms with Gasteiger partial charge in [-0.25, -0.2) is 19.2 Å². The second-order valence-corrected chi connectivity index (χ2v) is 17.8. The van der Waals surface area contributed by atoms with Crippen LogP contribution in [0.15, 0.2) is 170 Å². The molecule has 10 unspecified atom stereocenters. The molecular formula is C57H46N2O17. The summed E-state index contributed by atoms with van der Waals surface area (Å²) in [4.78, 5) is 116. The van der Waals surface area contributed by atoms with Crippen molar-refractivity contribution < 1.29 is 81.4 Å². The van der Waals surface area contributed by atoms with Crippen molar-refractivity contribution in [2.45, 2.75) is 61.3 Å². The van der Waals surface area contributed by atoms with Crippen LogP contribution in [0.4, 0.5) is 0 Å². The lowest BCUT2D eigenvalue weighted by atomic mass is 9.92. The van der Waals surface area contributed by atoms with Gasteiger partial charge in [0, 0.05) is 7.11 Å². The first-order valence-electron chi connectivity index (χ1n) is 24.0. The fourth-order valence-corrected chi connectivity index (χ4v) is 9.63. The fourth-order valence-electron chi connectivity index (χ4n) is 9.63. The second kappa shape index (κ2) is 22.0. The predicted molar refractivity (Wildman–Crippen MR) is 261 cm³/mol. The van der Waals surface area contributed by atoms with E-state index >= 15 is 0 Å². The number of hydrogen-bond acceptors (Lipinski definition) is 17. The minimum atomic E-state index is -2.10. The van der Waals surface area contributed by atoms with Crippen LogP contribution in [0.2, 0.25) is 0 Å². The van der Waals surface area contributed by atoms with Crippen LogP contribution >= 0.6 is 0 Å². The molecule has 4 heterocycles. The molecule has 0 radical (unpaired) electrons. The van der Waals surface area contributed by atoms with Gasteiger partial charge >= 0.3 is 23.9 Å². The van der Waals surface area contributed by atoms with Crippen LogP contribution in [0.1, 0.15) is 82.9 Å². The molecule has 4 amide bonds. The van der Waals surface area contributed by atoms with Crippen molar-refractivity contribution in [1.82, 2.24) is 9.80 Å². The Bertz CT molecular complexity index is 3110. The van der Waals surface area contributed by atoms with Crippen LogP contribution in [0.5, 0.6) is 0 Å². The third-order valence-corrected chi connectivity index (χ3v) is 13.3. The summed E-state index contributed by atoms with van der Waals surface area (Å²) in [5.41, 5.74) is 0.112. The van der Waals surface area contributed by atoms with E-state index in [1.807, 2.05) is 0 Å². The van der Waals surface area contributed by atoms with Crippen LogP contribution in [0.3, 0.4) is 0 Å². The molecule has 0 aromatic heterocycles. The summed E-state index contributed by atoms with van der Waals surface area (Å²) in [5.74, 6) is -7.24. The number of amides is 4. The Labute approximate surface area is 433 Å². The number of carbonyl (C=O) groups is 8. The van der Waals surface area contributed by atoms with E-state index in [1.165, 1.54) is 92.0 Å². The number of rotatable bonds is 15. The molecular weight excluding hydrogens is 985 g/mol. The van der Waals surface area contributed by atoms with Crippen molar-refractivity contribution in [2.75, 3.05) is 20.3 Å². The molecule has 2 fully saturated rings. The standard InChI is InChI=1S/C57H46N2O17/c1-69-56-43(59-50(63)38-28-16-17-29-39(38)51(59)64)47(75-55(68)35-24-12-5-13-25-35)45(41(73-56)31-71-53(66)33-20-8-3-9-21-33)76-57-42(58-48(61)36-26-14-15-27-37(36)49(58)62)46(74-54(67)34-22-10-4-11-23-34)44(60)40(72-57)30-70-52(65)32-18-6-2-7-19-32/h2-29,40-47,56-57,60H,30-31H2,1H3. The molecule has 4 aliphatic rings. The quantitative estimate of drug-likeness (QED) is 0.0778. The van der Waals surface area contributed by atoms with Crippen LogP contribution in [0.25, 0.3) is 0 Å². The fraction of sp³-hybridized carbons (Fsp3) is 0.228. The molecule has 76 heavy (non-hydrogen) atoms. The Morgan fingerprint density at radius 1 is 0.434 bits per heavy atom. The summed E-state index contributed by atoms with van der Waals surface area (Å²) < 4.78 is 49.9. The van der Waals surface area contributed by atoms with Gasteiger partial charge in [0.05, 0.1) is 44.5 Å². The van der Waals surface area contributed by atoms with Crippen molar-refractivity contribution in [3.05, 3.63) is 214 Å². The molecule has 6 aromatic rings. The van der Waals surface area contributed by atoms with Gasteiger partial charge in [-0.1, -0.05) is 97.1 Å². The maximum absolute atomic E-state index is 14.7. The summed E-state index contributed by atoms with van der Waals surface area (Å²) in [6, 6.07) is 39.1. The molecule has 0 aliphatic carbocycles. The molecule has 0 bridgehead atoms. The predicted octanol–water partition coefficient (Wildman–Crippen LogP) is 5.32. The number of imide groups is 2. The van der Waals surface area contributed by atoms with E-state index in [1.54, 1.807) is 84.9 Å². The second-order valence-electron chi connectivity index (χ2n) is 17.8. The van der Waals surface area contributed by atoms with E-state index in [0.29, 0.717) is 4.90 Å². The molecule has 19 nitrogen and oxygen atoms in total. The van der Waals surface area contributed by atoms with Gasteiger partial charge in [-0.2, -0.15) is 0 Å². The van der Waals surface area contributed by atoms with E-state index < -0.39 is 122 Å². The van der Waals surface area contributed by atoms with E-state index in [0.717, 1.165) is 4.90 Å². The third-order valence-electron chi connectivity index (χ3n) is 13.3. The minimum absolute atomic E-state index is 0.00173. The van der Waals surface area contributed by atoms with Gasteiger partial charge in [-0.3, -0.25) is 29.0 Å². The Morgan fingerprint density at radius 3 is 1.16 bits per heavy atom. The monoisotopic (exact) mass is 1030 g/mol. The maximum atomic E-state index is 14.7. The highest BCUT2D eigenvalue weighted by atomic mass is 16.7. The summed E-state index contributed by atoms with van der Waals surface area (Å²) in [7, 11) is 1.21. The number of aliphatic hydroxyl groups is 1. The van der Waals surface area contributed by atoms with E-state index in [4.69, 9.17) is 37.9 Å². The number of ether oxygens (including phenoxy) is 8. The van der Waals surface area contributed by atoms with E-state index in [-0.39, 0.29) is 44.5 Å². The smallest absolute Gasteiger partial charge is 0.338 e. The lowest BCUT2D eigenvalue weighted by molar-refractivity contribution is -0.337. The Hall–Kier alpha value is -8.72. The zero-order valence-corrected chi connectivity index (χ0v) is 40.2. The first-order valence-corrected chi connectivity index (χ1v) is 24.0. The van der Waals surface area contributed by atoms with Crippen LogP contribution in [-0.2, 0) is 37.9 Å². The SMILES string of the molecule is COC1OC(COC(=O)c2ccccc2)C(OC2OC(COC(=O)c3ccccc3)C(O)C(OC(=O)c3ccccc3)C2N2C(=O)c3ccccc3C2=O)C(OC(=O)c2ccccc2)C1N1C(=O)c2ccccc2C1=O. The van der Waals surface area contributed by atoms with Crippen molar-refractivity contribution in [3.63, 3.8) is 0 Å².